The number of hydrogen-bond acceptors (Lipinski definition) is 5. The molecule has 2 aliphatic rings. The topological polar surface area (TPSA) is 65.1 Å². The van der Waals surface area contributed by atoms with E-state index in [9.17, 15) is 9.59 Å². The molecule has 0 N–H and O–H groups in total. The Morgan fingerprint density at radius 1 is 1.14 bits per heavy atom. The summed E-state index contributed by atoms with van der Waals surface area (Å²) in [5.74, 6) is -0.479. The second kappa shape index (κ2) is 5.27. The van der Waals surface area contributed by atoms with Gasteiger partial charge in [-0.25, -0.2) is 0 Å². The summed E-state index contributed by atoms with van der Waals surface area (Å²) in [5.41, 5.74) is -0.516. The van der Waals surface area contributed by atoms with Crippen molar-refractivity contribution in [1.82, 2.24) is 0 Å². The summed E-state index contributed by atoms with van der Waals surface area (Å²) in [6.07, 6.45) is 3.11. The highest BCUT2D eigenvalue weighted by Gasteiger charge is 2.75. The van der Waals surface area contributed by atoms with E-state index in [0.717, 1.165) is 25.7 Å². The highest BCUT2D eigenvalue weighted by atomic mass is 16.6. The molecule has 1 heterocycles. The van der Waals surface area contributed by atoms with Crippen molar-refractivity contribution in [3.63, 3.8) is 0 Å². The normalized spacial score (nSPS) is 36.5. The lowest BCUT2D eigenvalue weighted by Gasteiger charge is -2.41. The molecule has 1 aliphatic heterocycles. The highest BCUT2D eigenvalue weighted by Crippen LogP contribution is 2.67. The summed E-state index contributed by atoms with van der Waals surface area (Å²) < 4.78 is 16.6. The number of carbonyl (C=O) groups excluding carboxylic acids is 2. The molecule has 0 aromatic rings. The number of ether oxygens (including phenoxy) is 3. The van der Waals surface area contributed by atoms with Crippen LogP contribution in [-0.4, -0.2) is 35.9 Å². The first-order valence-corrected chi connectivity index (χ1v) is 7.63. The van der Waals surface area contributed by atoms with E-state index in [1.54, 1.807) is 0 Å². The van der Waals surface area contributed by atoms with Gasteiger partial charge in [-0.3, -0.25) is 9.59 Å². The van der Waals surface area contributed by atoms with Gasteiger partial charge in [-0.1, -0.05) is 13.8 Å². The maximum absolute atomic E-state index is 11.2. The zero-order chi connectivity index (χ0) is 15.9. The molecule has 0 aromatic heterocycles. The lowest BCUT2D eigenvalue weighted by atomic mass is 9.61. The van der Waals surface area contributed by atoms with E-state index in [1.807, 2.05) is 0 Å². The lowest BCUT2D eigenvalue weighted by Crippen LogP contribution is -2.48. The second-order valence-corrected chi connectivity index (χ2v) is 7.13. The number of fused-ring (bicyclic) bond motifs is 1. The molecule has 0 aromatic carbocycles. The molecule has 0 bridgehead atoms. The van der Waals surface area contributed by atoms with Crippen molar-refractivity contribution >= 4 is 11.9 Å². The van der Waals surface area contributed by atoms with E-state index in [0.29, 0.717) is 6.61 Å². The number of epoxide rings is 1. The van der Waals surface area contributed by atoms with Gasteiger partial charge in [0.25, 0.3) is 0 Å². The van der Waals surface area contributed by atoms with Crippen LogP contribution < -0.4 is 0 Å². The van der Waals surface area contributed by atoms with Gasteiger partial charge < -0.3 is 14.2 Å². The standard InChI is InChI=1S/C16H26O5/c1-11(17)19-8-6-7-16-14(3,4)9-13(20-12(2)18)10-15(16,5)21-16/h13H,6-10H2,1-5H3/t13-,15+,16-/m0/s1. The van der Waals surface area contributed by atoms with Crippen LogP contribution in [0.15, 0.2) is 0 Å². The van der Waals surface area contributed by atoms with Crippen molar-refractivity contribution in [3.05, 3.63) is 0 Å². The third-order valence-corrected chi connectivity index (χ3v) is 4.97. The first kappa shape index (κ1) is 16.3. The van der Waals surface area contributed by atoms with Crippen LogP contribution in [0.5, 0.6) is 0 Å². The molecule has 2 rings (SSSR count). The first-order chi connectivity index (χ1) is 9.62. The maximum atomic E-state index is 11.2. The van der Waals surface area contributed by atoms with Crippen molar-refractivity contribution in [3.8, 4) is 0 Å². The quantitative estimate of drug-likeness (QED) is 0.443. The minimum absolute atomic E-state index is 0.0731. The number of esters is 2. The second-order valence-electron chi connectivity index (χ2n) is 7.13. The minimum Gasteiger partial charge on any atom is -0.466 e. The SMILES string of the molecule is CC(=O)OCCC[C@@]12O[C@]1(C)C[C@@H](OC(C)=O)CC2(C)C. The van der Waals surface area contributed by atoms with Crippen LogP contribution in [0.4, 0.5) is 0 Å². The van der Waals surface area contributed by atoms with Crippen LogP contribution in [0.25, 0.3) is 0 Å². The Morgan fingerprint density at radius 3 is 2.33 bits per heavy atom. The van der Waals surface area contributed by atoms with Gasteiger partial charge in [-0.05, 0) is 26.2 Å². The molecule has 0 radical (unpaired) electrons. The first-order valence-electron chi connectivity index (χ1n) is 7.63. The number of rotatable bonds is 5. The van der Waals surface area contributed by atoms with E-state index in [4.69, 9.17) is 14.2 Å². The summed E-state index contributed by atoms with van der Waals surface area (Å²) in [6, 6.07) is 0. The van der Waals surface area contributed by atoms with Crippen LogP contribution in [0.1, 0.15) is 60.3 Å². The van der Waals surface area contributed by atoms with Gasteiger partial charge in [-0.15, -0.1) is 0 Å². The van der Waals surface area contributed by atoms with Gasteiger partial charge in [0.05, 0.1) is 12.2 Å². The molecule has 1 saturated heterocycles. The van der Waals surface area contributed by atoms with Gasteiger partial charge >= 0.3 is 11.9 Å². The molecule has 1 saturated carbocycles. The van der Waals surface area contributed by atoms with Gasteiger partial charge in [-0.2, -0.15) is 0 Å². The van der Waals surface area contributed by atoms with Crippen molar-refractivity contribution in [1.29, 1.82) is 0 Å². The largest absolute Gasteiger partial charge is 0.466 e. The molecule has 2 fully saturated rings. The van der Waals surface area contributed by atoms with Crippen LogP contribution in [0.3, 0.4) is 0 Å². The summed E-state index contributed by atoms with van der Waals surface area (Å²) in [5, 5.41) is 0. The average Bonchev–Trinajstić information content (AvgIpc) is 2.90. The molecule has 5 heteroatoms. The molecule has 5 nitrogen and oxygen atoms in total. The van der Waals surface area contributed by atoms with Crippen LogP contribution >= 0.6 is 0 Å². The molecule has 1 aliphatic carbocycles. The number of hydrogen-bond donors (Lipinski definition) is 0. The van der Waals surface area contributed by atoms with Crippen LogP contribution in [-0.2, 0) is 23.8 Å². The fourth-order valence-corrected chi connectivity index (χ4v) is 4.17. The Hall–Kier alpha value is -1.10. The summed E-state index contributed by atoms with van der Waals surface area (Å²) >= 11 is 0. The van der Waals surface area contributed by atoms with Crippen molar-refractivity contribution < 1.29 is 23.8 Å². The monoisotopic (exact) mass is 298 g/mol. The Labute approximate surface area is 126 Å². The van der Waals surface area contributed by atoms with E-state index in [1.165, 1.54) is 13.8 Å². The van der Waals surface area contributed by atoms with Crippen molar-refractivity contribution in [2.75, 3.05) is 6.61 Å². The van der Waals surface area contributed by atoms with Crippen LogP contribution in [0, 0.1) is 5.41 Å². The van der Waals surface area contributed by atoms with E-state index < -0.39 is 0 Å². The van der Waals surface area contributed by atoms with E-state index in [2.05, 4.69) is 20.8 Å². The zero-order valence-electron chi connectivity index (χ0n) is 13.7. The molecule has 0 amide bonds. The zero-order valence-corrected chi connectivity index (χ0v) is 13.7. The van der Waals surface area contributed by atoms with Gasteiger partial charge in [0, 0.05) is 25.7 Å². The third-order valence-electron chi connectivity index (χ3n) is 4.97. The lowest BCUT2D eigenvalue weighted by molar-refractivity contribution is -0.150. The molecule has 3 atom stereocenters. The van der Waals surface area contributed by atoms with E-state index >= 15 is 0 Å². The predicted molar refractivity (Wildman–Crippen MR) is 76.7 cm³/mol. The van der Waals surface area contributed by atoms with E-state index in [-0.39, 0.29) is 34.7 Å². The molecular weight excluding hydrogens is 272 g/mol. The summed E-state index contributed by atoms with van der Waals surface area (Å²) in [7, 11) is 0. The van der Waals surface area contributed by atoms with Crippen molar-refractivity contribution in [2.45, 2.75) is 77.6 Å². The number of carbonyl (C=O) groups is 2. The van der Waals surface area contributed by atoms with Gasteiger partial charge in [0.1, 0.15) is 11.7 Å². The molecular formula is C16H26O5. The maximum Gasteiger partial charge on any atom is 0.302 e. The Morgan fingerprint density at radius 2 is 1.81 bits per heavy atom. The highest BCUT2D eigenvalue weighted by molar-refractivity contribution is 5.66. The molecule has 0 unspecified atom stereocenters. The Bertz CT molecular complexity index is 444. The average molecular weight is 298 g/mol. The Balaban J connectivity index is 1.99. The summed E-state index contributed by atoms with van der Waals surface area (Å²) in [4.78, 5) is 22.0. The summed E-state index contributed by atoms with van der Waals surface area (Å²) in [6.45, 7) is 9.73. The van der Waals surface area contributed by atoms with Crippen LogP contribution in [0.2, 0.25) is 0 Å². The smallest absolute Gasteiger partial charge is 0.302 e. The molecule has 0 spiro atoms. The van der Waals surface area contributed by atoms with Crippen molar-refractivity contribution in [2.24, 2.45) is 5.41 Å². The molecule has 21 heavy (non-hydrogen) atoms. The minimum atomic E-state index is -0.246. The predicted octanol–water partition coefficient (Wildman–Crippen LogP) is 2.61. The molecule has 120 valence electrons. The van der Waals surface area contributed by atoms with Gasteiger partial charge in [0.2, 0.25) is 0 Å². The fourth-order valence-electron chi connectivity index (χ4n) is 4.17. The third kappa shape index (κ3) is 2.93. The van der Waals surface area contributed by atoms with Gasteiger partial charge in [0.15, 0.2) is 0 Å². The Kier molecular flexibility index (Phi) is 4.08. The fraction of sp³-hybridized carbons (Fsp3) is 0.875.